The second-order valence-corrected chi connectivity index (χ2v) is 3.78. The summed E-state index contributed by atoms with van der Waals surface area (Å²) in [5, 5.41) is 13.6. The molecule has 0 bridgehead atoms. The molecule has 3 rings (SSSR count). The minimum absolute atomic E-state index is 0.127. The molecular weight excluding hydrogens is 230 g/mol. The van der Waals surface area contributed by atoms with Crippen LogP contribution in [-0.4, -0.2) is 25.7 Å². The van der Waals surface area contributed by atoms with Crippen LogP contribution in [0, 0.1) is 0 Å². The van der Waals surface area contributed by atoms with E-state index in [9.17, 15) is 9.90 Å². The molecule has 2 aromatic heterocycles. The van der Waals surface area contributed by atoms with Gasteiger partial charge in [-0.2, -0.15) is 5.10 Å². The number of rotatable bonds is 2. The average molecular weight is 239 g/mol. The van der Waals surface area contributed by atoms with E-state index in [0.717, 1.165) is 5.56 Å². The molecule has 2 heterocycles. The van der Waals surface area contributed by atoms with Crippen LogP contribution < -0.4 is 0 Å². The maximum absolute atomic E-state index is 11.4. The summed E-state index contributed by atoms with van der Waals surface area (Å²) in [6.45, 7) is 0. The monoisotopic (exact) mass is 239 g/mol. The zero-order valence-corrected chi connectivity index (χ0v) is 9.32. The number of benzene rings is 1. The highest BCUT2D eigenvalue weighted by atomic mass is 16.4. The molecule has 0 aliphatic carbocycles. The van der Waals surface area contributed by atoms with Gasteiger partial charge in [0.25, 0.3) is 0 Å². The first-order valence-corrected chi connectivity index (χ1v) is 5.39. The summed E-state index contributed by atoms with van der Waals surface area (Å²) in [5.74, 6) is -1.03. The molecular formula is C13H9N3O2. The minimum atomic E-state index is -1.03. The molecule has 0 aliphatic heterocycles. The Bertz CT molecular complexity index is 719. The van der Waals surface area contributed by atoms with Crippen LogP contribution in [0.3, 0.4) is 0 Å². The van der Waals surface area contributed by atoms with Gasteiger partial charge in [-0.05, 0) is 6.07 Å². The highest BCUT2D eigenvalue weighted by Gasteiger charge is 2.20. The molecule has 88 valence electrons. The quantitative estimate of drug-likeness (QED) is 0.743. The van der Waals surface area contributed by atoms with Crippen LogP contribution in [0.15, 0.2) is 48.8 Å². The zero-order valence-electron chi connectivity index (χ0n) is 9.32. The first-order chi connectivity index (χ1) is 8.77. The van der Waals surface area contributed by atoms with E-state index in [-0.39, 0.29) is 5.56 Å². The number of carbonyl (C=O) groups is 1. The van der Waals surface area contributed by atoms with Crippen LogP contribution in [0.1, 0.15) is 10.4 Å². The highest BCUT2D eigenvalue weighted by molar-refractivity contribution is 6.01. The standard InChI is InChI=1S/C13H9N3O2/c17-13(18)10-11(9-5-2-1-3-6-9)15-16-8-4-7-14-12(10)16/h1-8H,(H,17,18). The predicted molar refractivity (Wildman–Crippen MR) is 65.4 cm³/mol. The van der Waals surface area contributed by atoms with Gasteiger partial charge in [0.2, 0.25) is 0 Å². The van der Waals surface area contributed by atoms with Crippen molar-refractivity contribution in [2.45, 2.75) is 0 Å². The molecule has 0 aliphatic rings. The van der Waals surface area contributed by atoms with Crippen molar-refractivity contribution in [1.29, 1.82) is 0 Å². The molecule has 0 saturated carbocycles. The van der Waals surface area contributed by atoms with Gasteiger partial charge in [-0.25, -0.2) is 14.3 Å². The van der Waals surface area contributed by atoms with Gasteiger partial charge in [0.05, 0.1) is 0 Å². The minimum Gasteiger partial charge on any atom is -0.477 e. The summed E-state index contributed by atoms with van der Waals surface area (Å²) in [6, 6.07) is 10.9. The second kappa shape index (κ2) is 3.96. The Morgan fingerprint density at radius 3 is 2.67 bits per heavy atom. The van der Waals surface area contributed by atoms with Crippen molar-refractivity contribution in [3.63, 3.8) is 0 Å². The fraction of sp³-hybridized carbons (Fsp3) is 0. The molecule has 3 aromatic rings. The Kier molecular flexibility index (Phi) is 2.30. The molecule has 5 heteroatoms. The molecule has 0 atom stereocenters. The largest absolute Gasteiger partial charge is 0.477 e. The van der Waals surface area contributed by atoms with Gasteiger partial charge < -0.3 is 5.11 Å². The van der Waals surface area contributed by atoms with Gasteiger partial charge in [-0.1, -0.05) is 30.3 Å². The van der Waals surface area contributed by atoms with Crippen molar-refractivity contribution in [1.82, 2.24) is 14.6 Å². The number of aromatic nitrogens is 3. The highest BCUT2D eigenvalue weighted by Crippen LogP contribution is 2.24. The Balaban J connectivity index is 2.36. The van der Waals surface area contributed by atoms with Crippen LogP contribution in [0.2, 0.25) is 0 Å². The van der Waals surface area contributed by atoms with E-state index in [1.165, 1.54) is 4.52 Å². The Morgan fingerprint density at radius 1 is 1.17 bits per heavy atom. The number of carboxylic acids is 1. The molecule has 0 unspecified atom stereocenters. The molecule has 18 heavy (non-hydrogen) atoms. The van der Waals surface area contributed by atoms with Crippen LogP contribution >= 0.6 is 0 Å². The van der Waals surface area contributed by atoms with Crippen molar-refractivity contribution < 1.29 is 9.90 Å². The average Bonchev–Trinajstić information content (AvgIpc) is 2.79. The lowest BCUT2D eigenvalue weighted by Gasteiger charge is -1.97. The fourth-order valence-corrected chi connectivity index (χ4v) is 1.88. The molecule has 1 N–H and O–H groups in total. The van der Waals surface area contributed by atoms with Gasteiger partial charge in [0, 0.05) is 18.0 Å². The van der Waals surface area contributed by atoms with E-state index in [2.05, 4.69) is 10.1 Å². The number of fused-ring (bicyclic) bond motifs is 1. The summed E-state index contributed by atoms with van der Waals surface area (Å²) >= 11 is 0. The smallest absolute Gasteiger partial charge is 0.341 e. The Hall–Kier alpha value is -2.69. The van der Waals surface area contributed by atoms with Crippen molar-refractivity contribution in [3.05, 3.63) is 54.4 Å². The van der Waals surface area contributed by atoms with Gasteiger partial charge in [-0.3, -0.25) is 0 Å². The molecule has 0 spiro atoms. The molecule has 0 saturated heterocycles. The first kappa shape index (κ1) is 10.5. The lowest BCUT2D eigenvalue weighted by Crippen LogP contribution is -1.98. The predicted octanol–water partition coefficient (Wildman–Crippen LogP) is 2.09. The Labute approximate surface area is 102 Å². The van der Waals surface area contributed by atoms with Crippen molar-refractivity contribution >= 4 is 11.6 Å². The second-order valence-electron chi connectivity index (χ2n) is 3.78. The van der Waals surface area contributed by atoms with Crippen LogP contribution in [0.25, 0.3) is 16.9 Å². The zero-order chi connectivity index (χ0) is 12.5. The van der Waals surface area contributed by atoms with Gasteiger partial charge in [0.15, 0.2) is 5.65 Å². The van der Waals surface area contributed by atoms with E-state index in [1.807, 2.05) is 30.3 Å². The van der Waals surface area contributed by atoms with Crippen LogP contribution in [-0.2, 0) is 0 Å². The SMILES string of the molecule is O=C(O)c1c(-c2ccccc2)nn2cccnc12. The molecule has 0 fully saturated rings. The van der Waals surface area contributed by atoms with Crippen molar-refractivity contribution in [2.75, 3.05) is 0 Å². The normalized spacial score (nSPS) is 10.7. The topological polar surface area (TPSA) is 67.5 Å². The third-order valence-corrected chi connectivity index (χ3v) is 2.66. The summed E-state index contributed by atoms with van der Waals surface area (Å²) in [6.07, 6.45) is 3.24. The molecule has 5 nitrogen and oxygen atoms in total. The summed E-state index contributed by atoms with van der Waals surface area (Å²) in [7, 11) is 0. The van der Waals surface area contributed by atoms with E-state index in [4.69, 9.17) is 0 Å². The Morgan fingerprint density at radius 2 is 1.94 bits per heavy atom. The van der Waals surface area contributed by atoms with E-state index < -0.39 is 5.97 Å². The van der Waals surface area contributed by atoms with Gasteiger partial charge in [-0.15, -0.1) is 0 Å². The maximum atomic E-state index is 11.4. The summed E-state index contributed by atoms with van der Waals surface area (Å²) in [5.41, 5.74) is 1.67. The van der Waals surface area contributed by atoms with Gasteiger partial charge in [0.1, 0.15) is 11.3 Å². The molecule has 1 aromatic carbocycles. The number of hydrogen-bond donors (Lipinski definition) is 1. The lowest BCUT2D eigenvalue weighted by molar-refractivity contribution is 0.0699. The number of nitrogens with zero attached hydrogens (tertiary/aromatic N) is 3. The fourth-order valence-electron chi connectivity index (χ4n) is 1.88. The summed E-state index contributed by atoms with van der Waals surface area (Å²) in [4.78, 5) is 15.4. The molecule has 0 radical (unpaired) electrons. The van der Waals surface area contributed by atoms with Crippen LogP contribution in [0.4, 0.5) is 0 Å². The van der Waals surface area contributed by atoms with E-state index >= 15 is 0 Å². The van der Waals surface area contributed by atoms with E-state index in [1.54, 1.807) is 18.5 Å². The number of aromatic carboxylic acids is 1. The van der Waals surface area contributed by atoms with Crippen molar-refractivity contribution in [2.24, 2.45) is 0 Å². The summed E-state index contributed by atoms with van der Waals surface area (Å²) < 4.78 is 1.48. The first-order valence-electron chi connectivity index (χ1n) is 5.39. The number of hydrogen-bond acceptors (Lipinski definition) is 3. The number of carboxylic acid groups (broad SMARTS) is 1. The molecule has 0 amide bonds. The third kappa shape index (κ3) is 1.53. The third-order valence-electron chi connectivity index (χ3n) is 2.66. The van der Waals surface area contributed by atoms with Gasteiger partial charge >= 0.3 is 5.97 Å². The van der Waals surface area contributed by atoms with Crippen LogP contribution in [0.5, 0.6) is 0 Å². The van der Waals surface area contributed by atoms with E-state index in [0.29, 0.717) is 11.3 Å². The lowest BCUT2D eigenvalue weighted by atomic mass is 10.1. The van der Waals surface area contributed by atoms with Crippen molar-refractivity contribution in [3.8, 4) is 11.3 Å². The maximum Gasteiger partial charge on any atom is 0.341 e.